The van der Waals surface area contributed by atoms with Crippen LogP contribution in [0.15, 0.2) is 66.7 Å². The highest BCUT2D eigenvalue weighted by molar-refractivity contribution is 5.92. The molecular weight excluding hydrogens is 352 g/mol. The maximum atomic E-state index is 12.6. The zero-order chi connectivity index (χ0) is 19.8. The van der Waals surface area contributed by atoms with Gasteiger partial charge in [-0.3, -0.25) is 14.8 Å². The van der Waals surface area contributed by atoms with Gasteiger partial charge in [0.25, 0.3) is 5.91 Å². The van der Waals surface area contributed by atoms with Crippen LogP contribution in [-0.2, 0) is 9.59 Å². The summed E-state index contributed by atoms with van der Waals surface area (Å²) in [6, 6.07) is 17.8. The Morgan fingerprint density at radius 3 is 2.43 bits per heavy atom. The number of carbonyl (C=O) groups excluding carboxylic acids is 2. The normalized spacial score (nSPS) is 17.2. The van der Waals surface area contributed by atoms with E-state index in [2.05, 4.69) is 12.1 Å². The highest BCUT2D eigenvalue weighted by Crippen LogP contribution is 2.26. The Kier molecular flexibility index (Phi) is 6.76. The van der Waals surface area contributed by atoms with E-state index < -0.39 is 5.91 Å². The molecule has 1 aliphatic rings. The second-order valence-corrected chi connectivity index (χ2v) is 6.85. The van der Waals surface area contributed by atoms with Crippen LogP contribution in [0.1, 0.15) is 35.4 Å². The summed E-state index contributed by atoms with van der Waals surface area (Å²) < 4.78 is 0. The van der Waals surface area contributed by atoms with Crippen molar-refractivity contribution in [2.75, 3.05) is 13.1 Å². The molecule has 28 heavy (non-hydrogen) atoms. The van der Waals surface area contributed by atoms with Gasteiger partial charge >= 0.3 is 0 Å². The minimum Gasteiger partial charge on any atom is -0.339 e. The minimum absolute atomic E-state index is 0.0150. The number of amides is 2. The molecule has 5 nitrogen and oxygen atoms in total. The Balaban J connectivity index is 1.63. The number of piperidine rings is 1. The summed E-state index contributed by atoms with van der Waals surface area (Å²) in [5.41, 5.74) is 4.52. The molecule has 1 heterocycles. The maximum absolute atomic E-state index is 12.6. The van der Waals surface area contributed by atoms with Gasteiger partial charge in [-0.15, -0.1) is 0 Å². The van der Waals surface area contributed by atoms with E-state index in [1.165, 1.54) is 11.6 Å². The molecule has 1 atom stereocenters. The Morgan fingerprint density at radius 1 is 1.00 bits per heavy atom. The van der Waals surface area contributed by atoms with Crippen LogP contribution in [0.4, 0.5) is 0 Å². The third-order valence-electron chi connectivity index (χ3n) is 4.87. The highest BCUT2D eigenvalue weighted by atomic mass is 16.5. The second kappa shape index (κ2) is 9.67. The third-order valence-corrected chi connectivity index (χ3v) is 4.87. The van der Waals surface area contributed by atoms with Gasteiger partial charge in [-0.1, -0.05) is 48.5 Å². The first kappa shape index (κ1) is 19.6. The van der Waals surface area contributed by atoms with Gasteiger partial charge in [-0.05, 0) is 47.8 Å². The summed E-state index contributed by atoms with van der Waals surface area (Å²) >= 11 is 0. The Morgan fingerprint density at radius 2 is 1.71 bits per heavy atom. The number of likely N-dealkylation sites (tertiary alicyclic amines) is 1. The summed E-state index contributed by atoms with van der Waals surface area (Å²) in [6.45, 7) is 1.53. The monoisotopic (exact) mass is 376 g/mol. The topological polar surface area (TPSA) is 69.6 Å². The molecule has 0 spiro atoms. The van der Waals surface area contributed by atoms with Crippen LogP contribution >= 0.6 is 0 Å². The summed E-state index contributed by atoms with van der Waals surface area (Å²) in [7, 11) is 0. The average molecular weight is 376 g/mol. The maximum Gasteiger partial charge on any atom is 0.267 e. The van der Waals surface area contributed by atoms with E-state index in [0.717, 1.165) is 37.1 Å². The number of carbonyl (C=O) groups is 2. The van der Waals surface area contributed by atoms with Crippen molar-refractivity contribution in [2.24, 2.45) is 0 Å². The molecule has 1 fully saturated rings. The van der Waals surface area contributed by atoms with Gasteiger partial charge in [0, 0.05) is 31.2 Å². The molecule has 0 aliphatic carbocycles. The number of rotatable bonds is 5. The van der Waals surface area contributed by atoms with Crippen molar-refractivity contribution >= 4 is 24.0 Å². The lowest BCUT2D eigenvalue weighted by Crippen LogP contribution is -2.38. The number of hydroxylamine groups is 1. The van der Waals surface area contributed by atoms with Crippen LogP contribution < -0.4 is 5.48 Å². The van der Waals surface area contributed by atoms with Gasteiger partial charge in [0.15, 0.2) is 0 Å². The minimum atomic E-state index is -0.589. The lowest BCUT2D eigenvalue weighted by molar-refractivity contribution is -0.127. The number of nitrogens with zero attached hydrogens (tertiary/aromatic N) is 1. The van der Waals surface area contributed by atoms with Gasteiger partial charge < -0.3 is 4.90 Å². The zero-order valence-electron chi connectivity index (χ0n) is 15.6. The van der Waals surface area contributed by atoms with E-state index in [-0.39, 0.29) is 5.91 Å². The van der Waals surface area contributed by atoms with E-state index in [1.54, 1.807) is 23.7 Å². The van der Waals surface area contributed by atoms with E-state index in [9.17, 15) is 9.59 Å². The van der Waals surface area contributed by atoms with Gasteiger partial charge in [0.1, 0.15) is 0 Å². The van der Waals surface area contributed by atoms with Crippen LogP contribution in [0.5, 0.6) is 0 Å². The quantitative estimate of drug-likeness (QED) is 0.476. The molecule has 1 aliphatic heterocycles. The van der Waals surface area contributed by atoms with Crippen molar-refractivity contribution in [3.05, 3.63) is 83.4 Å². The summed E-state index contributed by atoms with van der Waals surface area (Å²) in [5.74, 6) is -0.186. The Hall–Kier alpha value is -3.18. The molecule has 2 N–H and O–H groups in total. The average Bonchev–Trinajstić information content (AvgIpc) is 2.76. The first-order chi connectivity index (χ1) is 13.7. The molecule has 3 rings (SSSR count). The van der Waals surface area contributed by atoms with Gasteiger partial charge in [0.05, 0.1) is 0 Å². The van der Waals surface area contributed by atoms with Crippen molar-refractivity contribution in [3.8, 4) is 0 Å². The zero-order valence-corrected chi connectivity index (χ0v) is 15.6. The van der Waals surface area contributed by atoms with Crippen molar-refractivity contribution in [1.82, 2.24) is 10.4 Å². The molecule has 2 aromatic carbocycles. The lowest BCUT2D eigenvalue weighted by atomic mass is 9.90. The SMILES string of the molecule is O=C(C=Cc1cccc(C=CC(=O)N2CCCC(c3ccccc3)C2)c1)NO. The highest BCUT2D eigenvalue weighted by Gasteiger charge is 2.23. The fraction of sp³-hybridized carbons (Fsp3) is 0.217. The van der Waals surface area contributed by atoms with Crippen LogP contribution in [0.3, 0.4) is 0 Å². The van der Waals surface area contributed by atoms with E-state index in [0.29, 0.717) is 5.92 Å². The molecule has 1 saturated heterocycles. The molecular formula is C23H24N2O3. The van der Waals surface area contributed by atoms with Crippen LogP contribution in [0, 0.1) is 0 Å². The van der Waals surface area contributed by atoms with Crippen LogP contribution in [0.25, 0.3) is 12.2 Å². The molecule has 1 unspecified atom stereocenters. The predicted molar refractivity (Wildman–Crippen MR) is 109 cm³/mol. The van der Waals surface area contributed by atoms with Crippen molar-refractivity contribution in [2.45, 2.75) is 18.8 Å². The molecule has 5 heteroatoms. The van der Waals surface area contributed by atoms with E-state index in [1.807, 2.05) is 47.4 Å². The lowest BCUT2D eigenvalue weighted by Gasteiger charge is -2.32. The summed E-state index contributed by atoms with van der Waals surface area (Å²) in [4.78, 5) is 25.6. The van der Waals surface area contributed by atoms with Crippen LogP contribution in [-0.4, -0.2) is 35.0 Å². The number of benzene rings is 2. The van der Waals surface area contributed by atoms with Gasteiger partial charge in [0.2, 0.25) is 5.91 Å². The predicted octanol–water partition coefficient (Wildman–Crippen LogP) is 3.62. The fourth-order valence-corrected chi connectivity index (χ4v) is 3.42. The first-order valence-electron chi connectivity index (χ1n) is 9.40. The summed E-state index contributed by atoms with van der Waals surface area (Å²) in [5, 5.41) is 8.52. The van der Waals surface area contributed by atoms with E-state index in [4.69, 9.17) is 5.21 Å². The first-order valence-corrected chi connectivity index (χ1v) is 9.40. The Labute approximate surface area is 164 Å². The van der Waals surface area contributed by atoms with E-state index >= 15 is 0 Å². The molecule has 0 saturated carbocycles. The number of hydrogen-bond acceptors (Lipinski definition) is 3. The smallest absolute Gasteiger partial charge is 0.267 e. The van der Waals surface area contributed by atoms with Gasteiger partial charge in [-0.25, -0.2) is 5.48 Å². The largest absolute Gasteiger partial charge is 0.339 e. The Bertz CT molecular complexity index is 874. The van der Waals surface area contributed by atoms with Crippen molar-refractivity contribution in [3.63, 3.8) is 0 Å². The van der Waals surface area contributed by atoms with Crippen molar-refractivity contribution in [1.29, 1.82) is 0 Å². The number of nitrogens with one attached hydrogen (secondary N) is 1. The third kappa shape index (κ3) is 5.41. The molecule has 144 valence electrons. The number of hydrogen-bond donors (Lipinski definition) is 2. The molecule has 2 amide bonds. The van der Waals surface area contributed by atoms with Gasteiger partial charge in [-0.2, -0.15) is 0 Å². The van der Waals surface area contributed by atoms with Crippen molar-refractivity contribution < 1.29 is 14.8 Å². The molecule has 0 bridgehead atoms. The fourth-order valence-electron chi connectivity index (χ4n) is 3.42. The second-order valence-electron chi connectivity index (χ2n) is 6.85. The van der Waals surface area contributed by atoms with Crippen LogP contribution in [0.2, 0.25) is 0 Å². The molecule has 0 aromatic heterocycles. The molecule has 0 radical (unpaired) electrons. The standard InChI is InChI=1S/C23H24N2O3/c26-22(24-28)13-11-18-6-4-7-19(16-18)12-14-23(27)25-15-5-10-21(17-25)20-8-2-1-3-9-20/h1-4,6-9,11-14,16,21,28H,5,10,15,17H2,(H,24,26). The summed E-state index contributed by atoms with van der Waals surface area (Å²) in [6.07, 6.45) is 8.35. The molecule has 2 aromatic rings.